The maximum atomic E-state index is 13.0. The second kappa shape index (κ2) is 8.36. The molecule has 0 spiro atoms. The summed E-state index contributed by atoms with van der Waals surface area (Å²) in [5, 5.41) is 14.5. The Kier molecular flexibility index (Phi) is 5.68. The molecule has 8 heteroatoms. The molecule has 3 fully saturated rings. The van der Waals surface area contributed by atoms with Crippen LogP contribution in [0.15, 0.2) is 30.5 Å². The van der Waals surface area contributed by atoms with Gasteiger partial charge in [-0.2, -0.15) is 0 Å². The highest BCUT2D eigenvalue weighted by molar-refractivity contribution is 5.79. The van der Waals surface area contributed by atoms with Crippen LogP contribution in [0.2, 0.25) is 0 Å². The maximum absolute atomic E-state index is 13.0. The molecule has 2 N–H and O–H groups in total. The van der Waals surface area contributed by atoms with Gasteiger partial charge in [0.1, 0.15) is 5.82 Å². The van der Waals surface area contributed by atoms with Gasteiger partial charge in [-0.15, -0.1) is 5.10 Å². The minimum atomic E-state index is -0.260. The number of hydrogen-bond acceptors (Lipinski definition) is 5. The molecule has 1 amide bonds. The molecule has 150 valence electrons. The molecule has 3 aliphatic heterocycles. The first-order valence-corrected chi connectivity index (χ1v) is 9.92. The Morgan fingerprint density at radius 2 is 2.11 bits per heavy atom. The number of carbonyl (C=O) groups excluding carboxylic acids is 1. The zero-order valence-electron chi connectivity index (χ0n) is 16.1. The standard InChI is InChI=1S/C20H27FN6O/c1-22-10-17-11-27(25-24-17)12-18-8-15-6-7-26(18)13-19(15)20(28)23-9-14-2-4-16(21)5-3-14/h2-5,11,15,18-19,22H,6-10,12-13H2,1H3,(H,23,28). The number of nitrogens with zero attached hydrogens (tertiary/aromatic N) is 4. The van der Waals surface area contributed by atoms with Gasteiger partial charge in [-0.1, -0.05) is 17.3 Å². The molecule has 0 aliphatic carbocycles. The summed E-state index contributed by atoms with van der Waals surface area (Å²) < 4.78 is 14.9. The van der Waals surface area contributed by atoms with Crippen LogP contribution in [0, 0.1) is 17.7 Å². The molecular formula is C20H27FN6O. The zero-order chi connectivity index (χ0) is 19.5. The van der Waals surface area contributed by atoms with E-state index in [-0.39, 0.29) is 17.6 Å². The summed E-state index contributed by atoms with van der Waals surface area (Å²) in [6.07, 6.45) is 4.07. The predicted octanol–water partition coefficient (Wildman–Crippen LogP) is 1.16. The van der Waals surface area contributed by atoms with Crippen LogP contribution >= 0.6 is 0 Å². The van der Waals surface area contributed by atoms with Crippen LogP contribution in [-0.4, -0.2) is 52.0 Å². The second-order valence-electron chi connectivity index (χ2n) is 7.85. The number of rotatable bonds is 7. The van der Waals surface area contributed by atoms with Crippen molar-refractivity contribution in [1.82, 2.24) is 30.5 Å². The van der Waals surface area contributed by atoms with Crippen LogP contribution in [0.1, 0.15) is 24.1 Å². The van der Waals surface area contributed by atoms with E-state index in [0.717, 1.165) is 43.7 Å². The molecule has 4 heterocycles. The first kappa shape index (κ1) is 19.0. The Morgan fingerprint density at radius 1 is 1.29 bits per heavy atom. The minimum absolute atomic E-state index is 0.0287. The smallest absolute Gasteiger partial charge is 0.224 e. The third kappa shape index (κ3) is 4.23. The van der Waals surface area contributed by atoms with Crippen molar-refractivity contribution >= 4 is 5.91 Å². The summed E-state index contributed by atoms with van der Waals surface area (Å²) in [6.45, 7) is 3.81. The average molecular weight is 386 g/mol. The Balaban J connectivity index is 1.31. The largest absolute Gasteiger partial charge is 0.352 e. The van der Waals surface area contributed by atoms with E-state index in [1.807, 2.05) is 17.9 Å². The number of carbonyl (C=O) groups is 1. The summed E-state index contributed by atoms with van der Waals surface area (Å²) in [4.78, 5) is 15.1. The number of piperidine rings is 3. The van der Waals surface area contributed by atoms with Gasteiger partial charge in [-0.3, -0.25) is 14.4 Å². The summed E-state index contributed by atoms with van der Waals surface area (Å²) in [6, 6.07) is 6.67. The Bertz CT molecular complexity index is 807. The lowest BCUT2D eigenvalue weighted by Crippen LogP contribution is -2.58. The monoisotopic (exact) mass is 386 g/mol. The zero-order valence-corrected chi connectivity index (χ0v) is 16.1. The number of hydrogen-bond donors (Lipinski definition) is 2. The molecule has 4 atom stereocenters. The van der Waals surface area contributed by atoms with E-state index >= 15 is 0 Å². The highest BCUT2D eigenvalue weighted by Gasteiger charge is 2.43. The van der Waals surface area contributed by atoms with E-state index in [9.17, 15) is 9.18 Å². The molecule has 1 aromatic heterocycles. The van der Waals surface area contributed by atoms with Crippen LogP contribution in [0.4, 0.5) is 4.39 Å². The number of nitrogens with one attached hydrogen (secondary N) is 2. The van der Waals surface area contributed by atoms with Gasteiger partial charge in [-0.25, -0.2) is 4.39 Å². The fraction of sp³-hybridized carbons (Fsp3) is 0.550. The number of benzene rings is 1. The number of amides is 1. The molecule has 3 saturated heterocycles. The van der Waals surface area contributed by atoms with Gasteiger partial charge in [0.05, 0.1) is 18.2 Å². The molecule has 0 saturated carbocycles. The van der Waals surface area contributed by atoms with Gasteiger partial charge < -0.3 is 10.6 Å². The minimum Gasteiger partial charge on any atom is -0.352 e. The fourth-order valence-corrected chi connectivity index (χ4v) is 4.45. The van der Waals surface area contributed by atoms with Crippen LogP contribution in [0.3, 0.4) is 0 Å². The quantitative estimate of drug-likeness (QED) is 0.747. The third-order valence-corrected chi connectivity index (χ3v) is 5.94. The van der Waals surface area contributed by atoms with Crippen molar-refractivity contribution in [2.75, 3.05) is 20.1 Å². The van der Waals surface area contributed by atoms with Gasteiger partial charge in [0.15, 0.2) is 0 Å². The Hall–Kier alpha value is -2.32. The van der Waals surface area contributed by atoms with Crippen LogP contribution < -0.4 is 10.6 Å². The molecule has 2 bridgehead atoms. The molecule has 1 aromatic carbocycles. The topological polar surface area (TPSA) is 75.1 Å². The average Bonchev–Trinajstić information content (AvgIpc) is 3.15. The predicted molar refractivity (Wildman–Crippen MR) is 103 cm³/mol. The van der Waals surface area contributed by atoms with Crippen molar-refractivity contribution < 1.29 is 9.18 Å². The normalized spacial score (nSPS) is 26.4. The highest BCUT2D eigenvalue weighted by Crippen LogP contribution is 2.37. The van der Waals surface area contributed by atoms with E-state index in [4.69, 9.17) is 0 Å². The third-order valence-electron chi connectivity index (χ3n) is 5.94. The van der Waals surface area contributed by atoms with Gasteiger partial charge >= 0.3 is 0 Å². The van der Waals surface area contributed by atoms with Gasteiger partial charge in [0, 0.05) is 31.9 Å². The molecule has 5 rings (SSSR count). The van der Waals surface area contributed by atoms with Gasteiger partial charge in [0.2, 0.25) is 5.91 Å². The van der Waals surface area contributed by atoms with E-state index < -0.39 is 0 Å². The number of fused-ring (bicyclic) bond motifs is 3. The van der Waals surface area contributed by atoms with Crippen LogP contribution in [-0.2, 0) is 24.4 Å². The van der Waals surface area contributed by atoms with Crippen molar-refractivity contribution in [2.45, 2.75) is 38.5 Å². The first-order chi connectivity index (χ1) is 13.6. The summed E-state index contributed by atoms with van der Waals surface area (Å²) in [5.41, 5.74) is 1.86. The molecule has 0 radical (unpaired) electrons. The molecule has 28 heavy (non-hydrogen) atoms. The molecule has 7 nitrogen and oxygen atoms in total. The van der Waals surface area contributed by atoms with Crippen molar-refractivity contribution in [3.05, 3.63) is 47.5 Å². The lowest BCUT2D eigenvalue weighted by Gasteiger charge is -2.49. The number of aromatic nitrogens is 3. The van der Waals surface area contributed by atoms with Gasteiger partial charge in [-0.05, 0) is 50.0 Å². The van der Waals surface area contributed by atoms with Crippen molar-refractivity contribution in [3.63, 3.8) is 0 Å². The lowest BCUT2D eigenvalue weighted by atomic mass is 9.75. The SMILES string of the molecule is CNCc1cn(CC2CC3CCN2CC3C(=O)NCc2ccc(F)cc2)nn1. The van der Waals surface area contributed by atoms with E-state index in [1.165, 1.54) is 12.1 Å². The molecule has 3 aliphatic rings. The fourth-order valence-electron chi connectivity index (χ4n) is 4.45. The summed E-state index contributed by atoms with van der Waals surface area (Å²) in [7, 11) is 1.89. The van der Waals surface area contributed by atoms with E-state index in [1.54, 1.807) is 12.1 Å². The number of halogens is 1. The van der Waals surface area contributed by atoms with Gasteiger partial charge in [0.25, 0.3) is 0 Å². The molecule has 2 aromatic rings. The van der Waals surface area contributed by atoms with E-state index in [0.29, 0.717) is 25.0 Å². The summed E-state index contributed by atoms with van der Waals surface area (Å²) >= 11 is 0. The Labute approximate surface area is 164 Å². The van der Waals surface area contributed by atoms with Crippen LogP contribution in [0.5, 0.6) is 0 Å². The summed E-state index contributed by atoms with van der Waals surface area (Å²) in [5.74, 6) is 0.281. The second-order valence-corrected chi connectivity index (χ2v) is 7.85. The van der Waals surface area contributed by atoms with Crippen molar-refractivity contribution in [2.24, 2.45) is 11.8 Å². The van der Waals surface area contributed by atoms with Crippen LogP contribution in [0.25, 0.3) is 0 Å². The Morgan fingerprint density at radius 3 is 2.82 bits per heavy atom. The van der Waals surface area contributed by atoms with Crippen molar-refractivity contribution in [3.8, 4) is 0 Å². The van der Waals surface area contributed by atoms with E-state index in [2.05, 4.69) is 25.8 Å². The lowest BCUT2D eigenvalue weighted by molar-refractivity contribution is -0.133. The molecule has 4 unspecified atom stereocenters. The van der Waals surface area contributed by atoms with Crippen molar-refractivity contribution in [1.29, 1.82) is 0 Å². The first-order valence-electron chi connectivity index (χ1n) is 9.92. The highest BCUT2D eigenvalue weighted by atomic mass is 19.1. The molecular weight excluding hydrogens is 359 g/mol. The maximum Gasteiger partial charge on any atom is 0.224 e.